The van der Waals surface area contributed by atoms with Gasteiger partial charge < -0.3 is 29.9 Å². The third-order valence-electron chi connectivity index (χ3n) is 2.11. The van der Waals surface area contributed by atoms with Crippen molar-refractivity contribution in [2.24, 2.45) is 0 Å². The summed E-state index contributed by atoms with van der Waals surface area (Å²) in [5.41, 5.74) is 0. The molecule has 0 aromatic rings. The van der Waals surface area contributed by atoms with Gasteiger partial charge in [-0.3, -0.25) is 0 Å². The lowest BCUT2D eigenvalue weighted by Gasteiger charge is -2.39. The Labute approximate surface area is 75.3 Å². The van der Waals surface area contributed by atoms with Crippen molar-refractivity contribution >= 4 is 0 Å². The second-order valence-electron chi connectivity index (χ2n) is 2.93. The molecule has 0 amide bonds. The predicted octanol–water partition coefficient (Wildman–Crippen LogP) is -2.57. The molecule has 0 spiro atoms. The standard InChI is InChI=1S/C7H14O6/c1-12-6-4(9)3(2-8)13-7(11)5(6)10/h3-11H,2H2,1H3/t3?,4-,5?,6+,7?/m1/s1. The van der Waals surface area contributed by atoms with Crippen LogP contribution in [0.1, 0.15) is 0 Å². The number of methoxy groups -OCH3 is 1. The minimum Gasteiger partial charge on any atom is -0.394 e. The number of hydrogen-bond donors (Lipinski definition) is 4. The van der Waals surface area contributed by atoms with Crippen LogP contribution < -0.4 is 0 Å². The van der Waals surface area contributed by atoms with E-state index in [0.717, 1.165) is 0 Å². The first-order valence-electron chi connectivity index (χ1n) is 3.95. The lowest BCUT2D eigenvalue weighted by atomic mass is 9.99. The Morgan fingerprint density at radius 3 is 2.31 bits per heavy atom. The van der Waals surface area contributed by atoms with E-state index in [9.17, 15) is 10.2 Å². The summed E-state index contributed by atoms with van der Waals surface area (Å²) in [4.78, 5) is 0. The fraction of sp³-hybridized carbons (Fsp3) is 1.00. The summed E-state index contributed by atoms with van der Waals surface area (Å²) in [5, 5.41) is 36.6. The van der Waals surface area contributed by atoms with Gasteiger partial charge in [0, 0.05) is 7.11 Å². The van der Waals surface area contributed by atoms with E-state index in [2.05, 4.69) is 0 Å². The molecule has 0 saturated carbocycles. The van der Waals surface area contributed by atoms with Crippen LogP contribution in [0, 0.1) is 0 Å². The van der Waals surface area contributed by atoms with Gasteiger partial charge in [-0.2, -0.15) is 0 Å². The Kier molecular flexibility index (Phi) is 3.60. The quantitative estimate of drug-likeness (QED) is 0.386. The van der Waals surface area contributed by atoms with Crippen molar-refractivity contribution in [3.05, 3.63) is 0 Å². The van der Waals surface area contributed by atoms with Gasteiger partial charge in [0.25, 0.3) is 0 Å². The minimum atomic E-state index is -1.44. The van der Waals surface area contributed by atoms with Gasteiger partial charge in [-0.05, 0) is 0 Å². The van der Waals surface area contributed by atoms with Crippen molar-refractivity contribution in [2.45, 2.75) is 30.7 Å². The second kappa shape index (κ2) is 4.32. The van der Waals surface area contributed by atoms with Crippen LogP contribution in [0.4, 0.5) is 0 Å². The average molecular weight is 194 g/mol. The fourth-order valence-corrected chi connectivity index (χ4v) is 1.35. The Hall–Kier alpha value is -0.240. The van der Waals surface area contributed by atoms with Gasteiger partial charge in [-0.25, -0.2) is 0 Å². The van der Waals surface area contributed by atoms with Crippen LogP contribution in [-0.4, -0.2) is 64.8 Å². The van der Waals surface area contributed by atoms with Crippen molar-refractivity contribution in [1.82, 2.24) is 0 Å². The zero-order valence-corrected chi connectivity index (χ0v) is 7.20. The summed E-state index contributed by atoms with van der Waals surface area (Å²) in [6, 6.07) is 0. The highest BCUT2D eigenvalue weighted by Crippen LogP contribution is 2.21. The zero-order valence-electron chi connectivity index (χ0n) is 7.20. The SMILES string of the molecule is CO[C@@H]1C(O)C(O)OC(CO)[C@H]1O. The molecule has 78 valence electrons. The van der Waals surface area contributed by atoms with Crippen molar-refractivity contribution in [3.8, 4) is 0 Å². The Bertz CT molecular complexity index is 163. The van der Waals surface area contributed by atoms with Crippen molar-refractivity contribution in [1.29, 1.82) is 0 Å². The van der Waals surface area contributed by atoms with Gasteiger partial charge in [0.05, 0.1) is 6.61 Å². The molecule has 4 N–H and O–H groups in total. The molecule has 13 heavy (non-hydrogen) atoms. The molecule has 0 radical (unpaired) electrons. The van der Waals surface area contributed by atoms with Crippen molar-refractivity contribution in [2.75, 3.05) is 13.7 Å². The molecular weight excluding hydrogens is 180 g/mol. The summed E-state index contributed by atoms with van der Waals surface area (Å²) in [5.74, 6) is 0. The maximum absolute atomic E-state index is 9.44. The molecule has 1 aliphatic heterocycles. The molecule has 1 heterocycles. The van der Waals surface area contributed by atoms with Crippen LogP contribution in [0.15, 0.2) is 0 Å². The molecule has 1 aliphatic rings. The van der Waals surface area contributed by atoms with E-state index in [-0.39, 0.29) is 0 Å². The highest BCUT2D eigenvalue weighted by atomic mass is 16.6. The minimum absolute atomic E-state index is 0.440. The molecule has 0 aliphatic carbocycles. The van der Waals surface area contributed by atoms with Gasteiger partial charge in [-0.1, -0.05) is 0 Å². The molecule has 1 saturated heterocycles. The highest BCUT2D eigenvalue weighted by molar-refractivity contribution is 4.89. The number of aliphatic hydroxyl groups is 4. The average Bonchev–Trinajstić information content (AvgIpc) is 2.12. The zero-order chi connectivity index (χ0) is 10.0. The van der Waals surface area contributed by atoms with Crippen LogP contribution in [0.5, 0.6) is 0 Å². The van der Waals surface area contributed by atoms with Crippen LogP contribution >= 0.6 is 0 Å². The normalized spacial score (nSPS) is 46.4. The maximum atomic E-state index is 9.44. The van der Waals surface area contributed by atoms with Crippen LogP contribution in [0.2, 0.25) is 0 Å². The van der Waals surface area contributed by atoms with E-state index in [4.69, 9.17) is 19.7 Å². The molecule has 3 unspecified atom stereocenters. The number of ether oxygens (including phenoxy) is 2. The van der Waals surface area contributed by atoms with E-state index >= 15 is 0 Å². The molecule has 6 heteroatoms. The Balaban J connectivity index is 2.69. The maximum Gasteiger partial charge on any atom is 0.184 e. The van der Waals surface area contributed by atoms with Gasteiger partial charge in [0.15, 0.2) is 6.29 Å². The van der Waals surface area contributed by atoms with E-state index < -0.39 is 37.3 Å². The number of rotatable bonds is 2. The van der Waals surface area contributed by atoms with E-state index in [1.54, 1.807) is 0 Å². The smallest absolute Gasteiger partial charge is 0.184 e. The molecular formula is C7H14O6. The summed E-state index contributed by atoms with van der Waals surface area (Å²) in [6.45, 7) is -0.440. The molecule has 1 fully saturated rings. The molecule has 5 atom stereocenters. The lowest BCUT2D eigenvalue weighted by molar-refractivity contribution is -0.290. The van der Waals surface area contributed by atoms with Gasteiger partial charge in [-0.15, -0.1) is 0 Å². The topological polar surface area (TPSA) is 99.4 Å². The molecule has 0 aromatic heterocycles. The molecule has 0 bridgehead atoms. The first kappa shape index (κ1) is 10.8. The van der Waals surface area contributed by atoms with Crippen LogP contribution in [0.25, 0.3) is 0 Å². The Morgan fingerprint density at radius 1 is 1.23 bits per heavy atom. The summed E-state index contributed by atoms with van der Waals surface area (Å²) >= 11 is 0. The largest absolute Gasteiger partial charge is 0.394 e. The monoisotopic (exact) mass is 194 g/mol. The van der Waals surface area contributed by atoms with Crippen molar-refractivity contribution in [3.63, 3.8) is 0 Å². The molecule has 1 rings (SSSR count). The second-order valence-corrected chi connectivity index (χ2v) is 2.93. The number of aliphatic hydroxyl groups excluding tert-OH is 4. The summed E-state index contributed by atoms with van der Waals surface area (Å²) < 4.78 is 9.48. The van der Waals surface area contributed by atoms with Crippen LogP contribution in [0.3, 0.4) is 0 Å². The van der Waals surface area contributed by atoms with Gasteiger partial charge in [0.1, 0.15) is 24.4 Å². The first-order chi connectivity index (χ1) is 6.11. The van der Waals surface area contributed by atoms with Crippen molar-refractivity contribution < 1.29 is 29.9 Å². The number of hydrogen-bond acceptors (Lipinski definition) is 6. The summed E-state index contributed by atoms with van der Waals surface area (Å²) in [7, 11) is 1.30. The summed E-state index contributed by atoms with van der Waals surface area (Å²) in [6.07, 6.45) is -5.76. The predicted molar refractivity (Wildman–Crippen MR) is 40.8 cm³/mol. The fourth-order valence-electron chi connectivity index (χ4n) is 1.35. The highest BCUT2D eigenvalue weighted by Gasteiger charge is 2.43. The van der Waals surface area contributed by atoms with E-state index in [1.165, 1.54) is 7.11 Å². The lowest BCUT2D eigenvalue weighted by Crippen LogP contribution is -2.59. The van der Waals surface area contributed by atoms with Crippen LogP contribution in [-0.2, 0) is 9.47 Å². The van der Waals surface area contributed by atoms with Gasteiger partial charge >= 0.3 is 0 Å². The molecule has 0 aromatic carbocycles. The van der Waals surface area contributed by atoms with Gasteiger partial charge in [0.2, 0.25) is 0 Å². The van der Waals surface area contributed by atoms with E-state index in [0.29, 0.717) is 0 Å². The molecule has 6 nitrogen and oxygen atoms in total. The van der Waals surface area contributed by atoms with E-state index in [1.807, 2.05) is 0 Å². The third-order valence-corrected chi connectivity index (χ3v) is 2.11. The Morgan fingerprint density at radius 2 is 1.85 bits per heavy atom. The first-order valence-corrected chi connectivity index (χ1v) is 3.95. The third kappa shape index (κ3) is 1.98.